The molecule has 0 radical (unpaired) electrons. The molecule has 0 atom stereocenters. The van der Waals surface area contributed by atoms with Gasteiger partial charge in [-0.2, -0.15) is 0 Å². The molecule has 1 fully saturated rings. The van der Waals surface area contributed by atoms with E-state index >= 15 is 0 Å². The van der Waals surface area contributed by atoms with E-state index in [1.165, 1.54) is 27.9 Å². The zero-order chi connectivity index (χ0) is 8.89. The molecule has 13 heavy (non-hydrogen) atoms. The van der Waals surface area contributed by atoms with Crippen LogP contribution >= 0.6 is 27.7 Å². The Kier molecular flexibility index (Phi) is 1.68. The molecule has 1 saturated carbocycles. The lowest BCUT2D eigenvalue weighted by molar-refractivity contribution is 0.923. The Labute approximate surface area is 90.4 Å². The van der Waals surface area contributed by atoms with Crippen molar-refractivity contribution in [2.45, 2.75) is 22.5 Å². The van der Waals surface area contributed by atoms with Gasteiger partial charge in [0.15, 0.2) is 0 Å². The Hall–Kier alpha value is -0.150. The van der Waals surface area contributed by atoms with Gasteiger partial charge >= 0.3 is 0 Å². The van der Waals surface area contributed by atoms with Gasteiger partial charge < -0.3 is 5.32 Å². The van der Waals surface area contributed by atoms with Gasteiger partial charge in [0, 0.05) is 26.3 Å². The maximum Gasteiger partial charge on any atom is 0.0479 e. The Morgan fingerprint density at radius 3 is 3.00 bits per heavy atom. The van der Waals surface area contributed by atoms with E-state index in [-0.39, 0.29) is 0 Å². The summed E-state index contributed by atoms with van der Waals surface area (Å²) in [6.45, 7) is 1.15. The number of benzene rings is 1. The van der Waals surface area contributed by atoms with Gasteiger partial charge in [0.2, 0.25) is 0 Å². The third-order valence-corrected chi connectivity index (χ3v) is 4.72. The van der Waals surface area contributed by atoms with Crippen molar-refractivity contribution < 1.29 is 0 Å². The van der Waals surface area contributed by atoms with Crippen LogP contribution in [0.4, 0.5) is 5.69 Å². The second-order valence-electron chi connectivity index (χ2n) is 3.78. The highest BCUT2D eigenvalue weighted by molar-refractivity contribution is 9.10. The lowest BCUT2D eigenvalue weighted by Gasteiger charge is -2.25. The molecule has 1 aromatic carbocycles. The Bertz CT molecular complexity index is 360. The SMILES string of the molecule is Brc1ccc2c(c1)SC1(CC1)CN2. The molecular formula is C10H10BrNS. The first-order valence-electron chi connectivity index (χ1n) is 4.50. The molecule has 3 rings (SSSR count). The van der Waals surface area contributed by atoms with E-state index in [1.807, 2.05) is 11.8 Å². The molecule has 2 aliphatic rings. The monoisotopic (exact) mass is 255 g/mol. The molecule has 1 spiro atoms. The molecule has 0 amide bonds. The fourth-order valence-electron chi connectivity index (χ4n) is 1.67. The molecule has 1 N–H and O–H groups in total. The minimum absolute atomic E-state index is 0.549. The Morgan fingerprint density at radius 2 is 2.23 bits per heavy atom. The molecule has 1 heterocycles. The standard InChI is InChI=1S/C10H10BrNS/c11-7-1-2-8-9(5-7)13-10(3-4-10)6-12-8/h1-2,5,12H,3-4,6H2. The number of nitrogens with one attached hydrogen (secondary N) is 1. The highest BCUT2D eigenvalue weighted by atomic mass is 79.9. The first-order valence-corrected chi connectivity index (χ1v) is 6.11. The molecule has 3 heteroatoms. The first kappa shape index (κ1) is 8.18. The van der Waals surface area contributed by atoms with Crippen LogP contribution in [-0.2, 0) is 0 Å². The zero-order valence-electron chi connectivity index (χ0n) is 7.14. The van der Waals surface area contributed by atoms with E-state index < -0.39 is 0 Å². The summed E-state index contributed by atoms with van der Waals surface area (Å²) in [5.41, 5.74) is 1.30. The van der Waals surface area contributed by atoms with Gasteiger partial charge in [-0.15, -0.1) is 11.8 Å². The highest BCUT2D eigenvalue weighted by Crippen LogP contribution is 2.55. The van der Waals surface area contributed by atoms with E-state index in [9.17, 15) is 0 Å². The van der Waals surface area contributed by atoms with Crippen LogP contribution < -0.4 is 5.32 Å². The van der Waals surface area contributed by atoms with Crippen LogP contribution in [0, 0.1) is 0 Å². The van der Waals surface area contributed by atoms with Crippen LogP contribution in [0.15, 0.2) is 27.6 Å². The van der Waals surface area contributed by atoms with E-state index in [4.69, 9.17) is 0 Å². The summed E-state index contributed by atoms with van der Waals surface area (Å²) in [6.07, 6.45) is 2.74. The molecule has 1 aromatic rings. The molecule has 0 aromatic heterocycles. The second kappa shape index (κ2) is 2.67. The van der Waals surface area contributed by atoms with Crippen LogP contribution in [0.1, 0.15) is 12.8 Å². The highest BCUT2D eigenvalue weighted by Gasteiger charge is 2.45. The third kappa shape index (κ3) is 1.38. The van der Waals surface area contributed by atoms with Crippen molar-refractivity contribution in [2.24, 2.45) is 0 Å². The summed E-state index contributed by atoms with van der Waals surface area (Å²) in [4.78, 5) is 1.40. The number of rotatable bonds is 0. The van der Waals surface area contributed by atoms with Gasteiger partial charge in [-0.05, 0) is 31.0 Å². The van der Waals surface area contributed by atoms with Crippen molar-refractivity contribution >= 4 is 33.4 Å². The molecule has 0 saturated heterocycles. The van der Waals surface area contributed by atoms with Crippen LogP contribution in [0.3, 0.4) is 0 Å². The molecule has 0 bridgehead atoms. The van der Waals surface area contributed by atoms with Crippen molar-refractivity contribution in [3.63, 3.8) is 0 Å². The van der Waals surface area contributed by atoms with Gasteiger partial charge in [-0.3, -0.25) is 0 Å². The minimum atomic E-state index is 0.549. The lowest BCUT2D eigenvalue weighted by Crippen LogP contribution is -2.22. The van der Waals surface area contributed by atoms with Crippen LogP contribution in [0.25, 0.3) is 0 Å². The summed E-state index contributed by atoms with van der Waals surface area (Å²) < 4.78 is 1.73. The number of halogens is 1. The predicted octanol–water partition coefficient (Wildman–Crippen LogP) is 3.50. The van der Waals surface area contributed by atoms with Gasteiger partial charge in [-0.25, -0.2) is 0 Å². The average Bonchev–Trinajstić information content (AvgIpc) is 2.84. The van der Waals surface area contributed by atoms with Gasteiger partial charge in [0.1, 0.15) is 0 Å². The Morgan fingerprint density at radius 1 is 1.38 bits per heavy atom. The smallest absolute Gasteiger partial charge is 0.0479 e. The van der Waals surface area contributed by atoms with Crippen LogP contribution in [-0.4, -0.2) is 11.3 Å². The molecular weight excluding hydrogens is 246 g/mol. The van der Waals surface area contributed by atoms with E-state index in [0.717, 1.165) is 6.54 Å². The quantitative estimate of drug-likeness (QED) is 0.762. The minimum Gasteiger partial charge on any atom is -0.383 e. The van der Waals surface area contributed by atoms with Crippen molar-refractivity contribution in [3.8, 4) is 0 Å². The van der Waals surface area contributed by atoms with Crippen molar-refractivity contribution in [1.29, 1.82) is 0 Å². The van der Waals surface area contributed by atoms with Crippen LogP contribution in [0.2, 0.25) is 0 Å². The van der Waals surface area contributed by atoms with Crippen LogP contribution in [0.5, 0.6) is 0 Å². The van der Waals surface area contributed by atoms with Crippen molar-refractivity contribution in [3.05, 3.63) is 22.7 Å². The summed E-state index contributed by atoms with van der Waals surface area (Å²) in [6, 6.07) is 6.46. The maximum atomic E-state index is 3.51. The molecule has 1 aliphatic carbocycles. The van der Waals surface area contributed by atoms with Crippen molar-refractivity contribution in [2.75, 3.05) is 11.9 Å². The number of hydrogen-bond donors (Lipinski definition) is 1. The summed E-state index contributed by atoms with van der Waals surface area (Å²) in [5.74, 6) is 0. The average molecular weight is 256 g/mol. The maximum absolute atomic E-state index is 3.51. The largest absolute Gasteiger partial charge is 0.383 e. The number of hydrogen-bond acceptors (Lipinski definition) is 2. The van der Waals surface area contributed by atoms with Gasteiger partial charge in [0.25, 0.3) is 0 Å². The molecule has 1 nitrogen and oxygen atoms in total. The number of anilines is 1. The summed E-state index contributed by atoms with van der Waals surface area (Å²) in [7, 11) is 0. The topological polar surface area (TPSA) is 12.0 Å². The van der Waals surface area contributed by atoms with Gasteiger partial charge in [-0.1, -0.05) is 15.9 Å². The third-order valence-electron chi connectivity index (χ3n) is 2.68. The summed E-state index contributed by atoms with van der Waals surface area (Å²) >= 11 is 5.55. The van der Waals surface area contributed by atoms with Gasteiger partial charge in [0.05, 0.1) is 0 Å². The predicted molar refractivity (Wildman–Crippen MR) is 60.5 cm³/mol. The fourth-order valence-corrected chi connectivity index (χ4v) is 3.54. The second-order valence-corrected chi connectivity index (χ2v) is 6.20. The van der Waals surface area contributed by atoms with E-state index in [0.29, 0.717) is 4.75 Å². The molecule has 1 aliphatic heterocycles. The van der Waals surface area contributed by atoms with E-state index in [1.54, 1.807) is 0 Å². The normalized spacial score (nSPS) is 22.2. The van der Waals surface area contributed by atoms with Crippen molar-refractivity contribution in [1.82, 2.24) is 0 Å². The first-order chi connectivity index (χ1) is 6.27. The fraction of sp³-hybridized carbons (Fsp3) is 0.400. The Balaban J connectivity index is 2.02. The zero-order valence-corrected chi connectivity index (χ0v) is 9.54. The summed E-state index contributed by atoms with van der Waals surface area (Å²) in [5, 5.41) is 3.50. The molecule has 0 unspecified atom stereocenters. The van der Waals surface area contributed by atoms with E-state index in [2.05, 4.69) is 39.4 Å². The number of fused-ring (bicyclic) bond motifs is 1. The number of thioether (sulfide) groups is 1. The lowest BCUT2D eigenvalue weighted by atomic mass is 10.3. The molecule has 68 valence electrons.